The molecule has 0 aliphatic rings. The molecule has 0 rings (SSSR count). The molecular formula is C21H38F3NO11. The van der Waals surface area contributed by atoms with Crippen molar-refractivity contribution in [3.05, 3.63) is 0 Å². The molecule has 0 aliphatic heterocycles. The van der Waals surface area contributed by atoms with Crippen LogP contribution < -0.4 is 5.32 Å². The Kier molecular flexibility index (Phi) is 24.0. The van der Waals surface area contributed by atoms with Crippen LogP contribution in [0.15, 0.2) is 0 Å². The van der Waals surface area contributed by atoms with Crippen LogP contribution in [0.3, 0.4) is 0 Å². The first-order valence-electron chi connectivity index (χ1n) is 11.5. The number of carbonyl (C=O) groups excluding carboxylic acids is 1. The number of alkyl halides is 3. The fourth-order valence-corrected chi connectivity index (χ4v) is 2.14. The highest BCUT2D eigenvalue weighted by Gasteiger charge is 2.38. The average molecular weight is 538 g/mol. The molecule has 0 atom stereocenters. The van der Waals surface area contributed by atoms with Crippen molar-refractivity contribution in [1.82, 2.24) is 5.32 Å². The largest absolute Gasteiger partial charge is 0.481 e. The number of rotatable bonds is 27. The summed E-state index contributed by atoms with van der Waals surface area (Å²) in [6, 6.07) is 0. The molecule has 36 heavy (non-hydrogen) atoms. The van der Waals surface area contributed by atoms with Crippen LogP contribution in [0, 0.1) is 0 Å². The molecule has 0 saturated carbocycles. The standard InChI is InChI=1S/C21H38F3NO11/c22-21(23,24)20(28)25-2-4-30-6-8-32-10-12-34-14-16-36-18-17-35-15-13-33-11-9-31-7-5-29-3-1-19(26)27/h1-18H2,(H,25,28)(H,26,27). The Bertz CT molecular complexity index is 528. The summed E-state index contributed by atoms with van der Waals surface area (Å²) in [4.78, 5) is 20.8. The fraction of sp³-hybridized carbons (Fsp3) is 0.905. The maximum Gasteiger partial charge on any atom is 0.471 e. The van der Waals surface area contributed by atoms with Gasteiger partial charge in [-0.15, -0.1) is 0 Å². The summed E-state index contributed by atoms with van der Waals surface area (Å²) in [7, 11) is 0. The molecule has 0 aliphatic carbocycles. The minimum Gasteiger partial charge on any atom is -0.481 e. The van der Waals surface area contributed by atoms with E-state index in [-0.39, 0.29) is 39.4 Å². The van der Waals surface area contributed by atoms with Crippen molar-refractivity contribution in [2.45, 2.75) is 12.6 Å². The summed E-state index contributed by atoms with van der Waals surface area (Å²) in [6.07, 6.45) is -4.91. The molecule has 2 N–H and O–H groups in total. The van der Waals surface area contributed by atoms with Gasteiger partial charge in [0.1, 0.15) is 0 Å². The molecule has 0 aromatic rings. The van der Waals surface area contributed by atoms with Crippen molar-refractivity contribution in [2.75, 3.05) is 112 Å². The Morgan fingerprint density at radius 1 is 0.528 bits per heavy atom. The fourth-order valence-electron chi connectivity index (χ4n) is 2.14. The minimum absolute atomic E-state index is 0.0217. The second kappa shape index (κ2) is 25.1. The third-order valence-corrected chi connectivity index (χ3v) is 3.85. The zero-order valence-corrected chi connectivity index (χ0v) is 20.4. The first-order chi connectivity index (χ1) is 17.3. The Morgan fingerprint density at radius 3 is 1.08 bits per heavy atom. The van der Waals surface area contributed by atoms with E-state index < -0.39 is 18.1 Å². The lowest BCUT2D eigenvalue weighted by Crippen LogP contribution is -2.38. The van der Waals surface area contributed by atoms with Gasteiger partial charge in [-0.1, -0.05) is 0 Å². The van der Waals surface area contributed by atoms with Crippen LogP contribution in [0.25, 0.3) is 0 Å². The van der Waals surface area contributed by atoms with Gasteiger partial charge in [0.2, 0.25) is 0 Å². The summed E-state index contributed by atoms with van der Waals surface area (Å²) in [5.41, 5.74) is 0. The van der Waals surface area contributed by atoms with Crippen LogP contribution >= 0.6 is 0 Å². The van der Waals surface area contributed by atoms with E-state index in [1.54, 1.807) is 5.32 Å². The van der Waals surface area contributed by atoms with E-state index in [4.69, 9.17) is 43.0 Å². The first kappa shape index (κ1) is 34.4. The van der Waals surface area contributed by atoms with Crippen molar-refractivity contribution >= 4 is 11.9 Å². The van der Waals surface area contributed by atoms with Crippen LogP contribution in [-0.2, 0) is 47.5 Å². The van der Waals surface area contributed by atoms with Crippen LogP contribution in [-0.4, -0.2) is 135 Å². The lowest BCUT2D eigenvalue weighted by atomic mass is 10.5. The van der Waals surface area contributed by atoms with Gasteiger partial charge in [0.25, 0.3) is 0 Å². The number of carbonyl (C=O) groups is 2. The van der Waals surface area contributed by atoms with Crippen LogP contribution in [0.1, 0.15) is 6.42 Å². The van der Waals surface area contributed by atoms with Gasteiger partial charge in [-0.2, -0.15) is 13.2 Å². The predicted molar refractivity (Wildman–Crippen MR) is 118 cm³/mol. The first-order valence-corrected chi connectivity index (χ1v) is 11.5. The Balaban J connectivity index is 3.10. The van der Waals surface area contributed by atoms with Crippen molar-refractivity contribution in [2.24, 2.45) is 0 Å². The monoisotopic (exact) mass is 537 g/mol. The number of hydrogen-bond donors (Lipinski definition) is 2. The summed E-state index contributed by atoms with van der Waals surface area (Å²) in [6.45, 7) is 5.13. The van der Waals surface area contributed by atoms with Crippen LogP contribution in [0.2, 0.25) is 0 Å². The molecule has 0 spiro atoms. The molecule has 0 fully saturated rings. The van der Waals surface area contributed by atoms with Crippen molar-refractivity contribution in [3.63, 3.8) is 0 Å². The second-order valence-electron chi connectivity index (χ2n) is 6.80. The van der Waals surface area contributed by atoms with E-state index >= 15 is 0 Å². The number of carboxylic acid groups (broad SMARTS) is 1. The molecule has 0 aromatic carbocycles. The summed E-state index contributed by atoms with van der Waals surface area (Å²) < 4.78 is 77.8. The van der Waals surface area contributed by atoms with E-state index in [0.29, 0.717) is 79.3 Å². The maximum absolute atomic E-state index is 11.9. The van der Waals surface area contributed by atoms with E-state index in [0.717, 1.165) is 0 Å². The highest BCUT2D eigenvalue weighted by atomic mass is 19.4. The lowest BCUT2D eigenvalue weighted by Gasteiger charge is -2.09. The molecule has 0 unspecified atom stereocenters. The molecule has 0 aromatic heterocycles. The molecule has 214 valence electrons. The Hall–Kier alpha value is -1.59. The number of aliphatic carboxylic acids is 1. The SMILES string of the molecule is O=C(O)CCOCCOCCOCCOCCOCCOCCOCCOCCNC(=O)C(F)(F)F. The second-order valence-corrected chi connectivity index (χ2v) is 6.80. The topological polar surface area (TPSA) is 140 Å². The van der Waals surface area contributed by atoms with Gasteiger partial charge >= 0.3 is 18.1 Å². The van der Waals surface area contributed by atoms with Crippen molar-refractivity contribution < 1.29 is 65.8 Å². The van der Waals surface area contributed by atoms with Gasteiger partial charge in [-0.25, -0.2) is 0 Å². The number of hydrogen-bond acceptors (Lipinski definition) is 10. The van der Waals surface area contributed by atoms with Crippen molar-refractivity contribution in [1.29, 1.82) is 0 Å². The van der Waals surface area contributed by atoms with Gasteiger partial charge in [-0.3, -0.25) is 9.59 Å². The highest BCUT2D eigenvalue weighted by Crippen LogP contribution is 2.13. The highest BCUT2D eigenvalue weighted by molar-refractivity contribution is 5.81. The normalized spacial score (nSPS) is 11.6. The minimum atomic E-state index is -4.89. The van der Waals surface area contributed by atoms with E-state index in [1.807, 2.05) is 0 Å². The number of nitrogens with one attached hydrogen (secondary N) is 1. The average Bonchev–Trinajstić information content (AvgIpc) is 2.82. The zero-order valence-electron chi connectivity index (χ0n) is 20.4. The van der Waals surface area contributed by atoms with Gasteiger partial charge < -0.3 is 48.3 Å². The zero-order chi connectivity index (χ0) is 26.7. The molecule has 0 bridgehead atoms. The molecule has 0 heterocycles. The van der Waals surface area contributed by atoms with Crippen LogP contribution in [0.5, 0.6) is 0 Å². The number of amides is 1. The number of carboxylic acids is 1. The number of halogens is 3. The van der Waals surface area contributed by atoms with Crippen molar-refractivity contribution in [3.8, 4) is 0 Å². The Labute approximate surface area is 208 Å². The third kappa shape index (κ3) is 27.0. The van der Waals surface area contributed by atoms with E-state index in [1.165, 1.54) is 0 Å². The molecule has 0 saturated heterocycles. The maximum atomic E-state index is 11.9. The summed E-state index contributed by atoms with van der Waals surface area (Å²) in [5.74, 6) is -2.88. The molecule has 15 heteroatoms. The molecule has 12 nitrogen and oxygen atoms in total. The van der Waals surface area contributed by atoms with Gasteiger partial charge in [0.05, 0.1) is 112 Å². The number of ether oxygens (including phenoxy) is 8. The molecular weight excluding hydrogens is 499 g/mol. The third-order valence-electron chi connectivity index (χ3n) is 3.85. The van der Waals surface area contributed by atoms with Gasteiger partial charge in [0, 0.05) is 6.54 Å². The lowest BCUT2D eigenvalue weighted by molar-refractivity contribution is -0.173. The van der Waals surface area contributed by atoms with Gasteiger partial charge in [-0.05, 0) is 0 Å². The molecule has 0 radical (unpaired) electrons. The smallest absolute Gasteiger partial charge is 0.471 e. The summed E-state index contributed by atoms with van der Waals surface area (Å²) in [5, 5.41) is 10.1. The van der Waals surface area contributed by atoms with Crippen LogP contribution in [0.4, 0.5) is 13.2 Å². The quantitative estimate of drug-likeness (QED) is 0.140. The molecule has 1 amide bonds. The Morgan fingerprint density at radius 2 is 0.806 bits per heavy atom. The van der Waals surface area contributed by atoms with E-state index in [9.17, 15) is 22.8 Å². The van der Waals surface area contributed by atoms with Gasteiger partial charge in [0.15, 0.2) is 0 Å². The predicted octanol–water partition coefficient (Wildman–Crippen LogP) is 0.272. The van der Waals surface area contributed by atoms with E-state index in [2.05, 4.69) is 0 Å². The summed E-state index contributed by atoms with van der Waals surface area (Å²) >= 11 is 0.